The first-order valence-corrected chi connectivity index (χ1v) is 12.0. The molecular formula is C24H19ClN2O6S. The van der Waals surface area contributed by atoms with Crippen LogP contribution < -0.4 is 14.4 Å². The Labute approximate surface area is 201 Å². The van der Waals surface area contributed by atoms with Crippen LogP contribution in [0.4, 0.5) is 11.4 Å². The Bertz CT molecular complexity index is 1390. The highest BCUT2D eigenvalue weighted by Gasteiger charge is 2.33. The largest absolute Gasteiger partial charge is 0.495 e. The summed E-state index contributed by atoms with van der Waals surface area (Å²) in [5.41, 5.74) is 0.502. The number of hydrogen-bond acceptors (Lipinski definition) is 6. The number of methoxy groups -OCH3 is 1. The molecule has 4 rings (SSSR count). The summed E-state index contributed by atoms with van der Waals surface area (Å²) < 4.78 is 34.1. The number of amides is 2. The number of sulfonamides is 1. The summed E-state index contributed by atoms with van der Waals surface area (Å²) in [6.07, 6.45) is 0.0693. The first-order chi connectivity index (χ1) is 16.2. The number of rotatable bonds is 7. The summed E-state index contributed by atoms with van der Waals surface area (Å²) in [6, 6.07) is 16.5. The molecule has 0 unspecified atom stereocenters. The molecule has 174 valence electrons. The van der Waals surface area contributed by atoms with Gasteiger partial charge in [-0.05, 0) is 36.4 Å². The SMILES string of the molecule is COc1ccc(S(=O)(=O)Nc2ccc(Cl)cc2C(=O)c2ccccc2)cc1N1C(=O)CCC1=O. The highest BCUT2D eigenvalue weighted by molar-refractivity contribution is 7.92. The van der Waals surface area contributed by atoms with Crippen LogP contribution >= 0.6 is 11.6 Å². The van der Waals surface area contributed by atoms with Crippen LogP contribution in [0.15, 0.2) is 71.6 Å². The highest BCUT2D eigenvalue weighted by atomic mass is 35.5. The summed E-state index contributed by atoms with van der Waals surface area (Å²) in [5, 5.41) is 0.264. The van der Waals surface area contributed by atoms with Gasteiger partial charge in [0.05, 0.1) is 23.4 Å². The van der Waals surface area contributed by atoms with Crippen molar-refractivity contribution < 1.29 is 27.5 Å². The molecule has 1 aliphatic heterocycles. The second kappa shape index (κ2) is 9.28. The average molecular weight is 499 g/mol. The van der Waals surface area contributed by atoms with Gasteiger partial charge in [0.2, 0.25) is 11.8 Å². The lowest BCUT2D eigenvalue weighted by Gasteiger charge is -2.19. The molecular weight excluding hydrogens is 480 g/mol. The van der Waals surface area contributed by atoms with E-state index in [1.807, 2.05) is 0 Å². The highest BCUT2D eigenvalue weighted by Crippen LogP contribution is 2.35. The van der Waals surface area contributed by atoms with E-state index in [-0.39, 0.29) is 45.4 Å². The number of ether oxygens (including phenoxy) is 1. The number of imide groups is 1. The van der Waals surface area contributed by atoms with E-state index in [1.54, 1.807) is 30.3 Å². The zero-order valence-electron chi connectivity index (χ0n) is 17.9. The molecule has 1 aliphatic rings. The summed E-state index contributed by atoms with van der Waals surface area (Å²) in [5.74, 6) is -1.13. The molecule has 2 amide bonds. The molecule has 34 heavy (non-hydrogen) atoms. The number of nitrogens with zero attached hydrogens (tertiary/aromatic N) is 1. The normalized spacial score (nSPS) is 13.8. The van der Waals surface area contributed by atoms with Crippen molar-refractivity contribution in [3.05, 3.63) is 82.9 Å². The van der Waals surface area contributed by atoms with Gasteiger partial charge in [-0.3, -0.25) is 19.1 Å². The molecule has 0 aromatic heterocycles. The van der Waals surface area contributed by atoms with E-state index in [0.717, 1.165) is 4.90 Å². The molecule has 10 heteroatoms. The van der Waals surface area contributed by atoms with E-state index in [4.69, 9.17) is 16.3 Å². The van der Waals surface area contributed by atoms with Gasteiger partial charge in [0.15, 0.2) is 5.78 Å². The van der Waals surface area contributed by atoms with Crippen molar-refractivity contribution >= 4 is 50.6 Å². The third-order valence-corrected chi connectivity index (χ3v) is 6.86. The summed E-state index contributed by atoms with van der Waals surface area (Å²) >= 11 is 6.08. The molecule has 3 aromatic carbocycles. The van der Waals surface area contributed by atoms with Gasteiger partial charge in [0.25, 0.3) is 10.0 Å². The Morgan fingerprint density at radius 3 is 2.29 bits per heavy atom. The molecule has 1 fully saturated rings. The number of benzene rings is 3. The minimum Gasteiger partial charge on any atom is -0.495 e. The topological polar surface area (TPSA) is 110 Å². The lowest BCUT2D eigenvalue weighted by atomic mass is 10.0. The van der Waals surface area contributed by atoms with Crippen molar-refractivity contribution in [1.29, 1.82) is 0 Å². The summed E-state index contributed by atoms with van der Waals surface area (Å²) in [4.78, 5) is 38.2. The van der Waals surface area contributed by atoms with Crippen molar-refractivity contribution in [1.82, 2.24) is 0 Å². The zero-order chi connectivity index (χ0) is 24.5. The van der Waals surface area contributed by atoms with Crippen LogP contribution in [0, 0.1) is 0 Å². The van der Waals surface area contributed by atoms with Crippen molar-refractivity contribution in [3.63, 3.8) is 0 Å². The molecule has 3 aromatic rings. The number of nitrogens with one attached hydrogen (secondary N) is 1. The van der Waals surface area contributed by atoms with E-state index in [0.29, 0.717) is 5.56 Å². The van der Waals surface area contributed by atoms with E-state index in [2.05, 4.69) is 4.72 Å². The fraction of sp³-hybridized carbons (Fsp3) is 0.125. The maximum absolute atomic E-state index is 13.2. The van der Waals surface area contributed by atoms with E-state index >= 15 is 0 Å². The number of anilines is 2. The lowest BCUT2D eigenvalue weighted by molar-refractivity contribution is -0.121. The maximum atomic E-state index is 13.2. The zero-order valence-corrected chi connectivity index (χ0v) is 19.5. The Balaban J connectivity index is 1.74. The van der Waals surface area contributed by atoms with Gasteiger partial charge in [-0.2, -0.15) is 0 Å². The second-order valence-corrected chi connectivity index (χ2v) is 9.57. The van der Waals surface area contributed by atoms with Gasteiger partial charge in [0.1, 0.15) is 5.75 Å². The molecule has 0 spiro atoms. The summed E-state index contributed by atoms with van der Waals surface area (Å²) in [6.45, 7) is 0. The molecule has 0 radical (unpaired) electrons. The number of carbonyl (C=O) groups excluding carboxylic acids is 3. The fourth-order valence-electron chi connectivity index (χ4n) is 3.60. The van der Waals surface area contributed by atoms with Crippen molar-refractivity contribution in [2.24, 2.45) is 0 Å². The molecule has 8 nitrogen and oxygen atoms in total. The van der Waals surface area contributed by atoms with Crippen molar-refractivity contribution in [2.75, 3.05) is 16.7 Å². The predicted octanol–water partition coefficient (Wildman–Crippen LogP) is 4.03. The van der Waals surface area contributed by atoms with Crippen LogP contribution in [0.5, 0.6) is 5.75 Å². The third kappa shape index (κ3) is 4.52. The van der Waals surface area contributed by atoms with E-state index < -0.39 is 27.6 Å². The molecule has 1 N–H and O–H groups in total. The lowest BCUT2D eigenvalue weighted by Crippen LogP contribution is -2.29. The number of carbonyl (C=O) groups is 3. The standard InChI is InChI=1S/C24H19ClN2O6S/c1-33-21-10-8-17(14-20(21)27-22(28)11-12-23(27)29)34(31,32)26-19-9-7-16(25)13-18(19)24(30)15-5-3-2-4-6-15/h2-10,13-14,26H,11-12H2,1H3. The first kappa shape index (κ1) is 23.5. The Hall–Kier alpha value is -3.69. The smallest absolute Gasteiger partial charge is 0.261 e. The number of halogens is 1. The molecule has 0 saturated carbocycles. The van der Waals surface area contributed by atoms with Crippen molar-refractivity contribution in [3.8, 4) is 5.75 Å². The molecule has 1 heterocycles. The summed E-state index contributed by atoms with van der Waals surface area (Å²) in [7, 11) is -2.87. The van der Waals surface area contributed by atoms with Crippen LogP contribution in [0.3, 0.4) is 0 Å². The quantitative estimate of drug-likeness (QED) is 0.389. The van der Waals surface area contributed by atoms with Crippen LogP contribution in [-0.2, 0) is 19.6 Å². The minimum absolute atomic E-state index is 0.0314. The molecule has 0 atom stereocenters. The van der Waals surface area contributed by atoms with Crippen LogP contribution in [0.2, 0.25) is 5.02 Å². The van der Waals surface area contributed by atoms with Crippen LogP contribution in [0.25, 0.3) is 0 Å². The number of hydrogen-bond donors (Lipinski definition) is 1. The van der Waals surface area contributed by atoms with Gasteiger partial charge >= 0.3 is 0 Å². The van der Waals surface area contributed by atoms with Crippen LogP contribution in [0.1, 0.15) is 28.8 Å². The third-order valence-electron chi connectivity index (χ3n) is 5.26. The van der Waals surface area contributed by atoms with E-state index in [1.165, 1.54) is 43.5 Å². The molecule has 1 saturated heterocycles. The Morgan fingerprint density at radius 2 is 1.65 bits per heavy atom. The average Bonchev–Trinajstić information content (AvgIpc) is 3.17. The minimum atomic E-state index is -4.23. The van der Waals surface area contributed by atoms with Gasteiger partial charge in [-0.1, -0.05) is 41.9 Å². The van der Waals surface area contributed by atoms with Gasteiger partial charge in [0, 0.05) is 29.0 Å². The molecule has 0 aliphatic carbocycles. The van der Waals surface area contributed by atoms with E-state index in [9.17, 15) is 22.8 Å². The Kier molecular flexibility index (Phi) is 6.41. The Morgan fingerprint density at radius 1 is 0.971 bits per heavy atom. The monoisotopic (exact) mass is 498 g/mol. The first-order valence-electron chi connectivity index (χ1n) is 10.2. The van der Waals surface area contributed by atoms with Crippen LogP contribution in [-0.4, -0.2) is 33.1 Å². The van der Waals surface area contributed by atoms with Gasteiger partial charge < -0.3 is 4.74 Å². The second-order valence-electron chi connectivity index (χ2n) is 7.45. The maximum Gasteiger partial charge on any atom is 0.261 e. The van der Waals surface area contributed by atoms with Gasteiger partial charge in [-0.25, -0.2) is 13.3 Å². The number of ketones is 1. The fourth-order valence-corrected chi connectivity index (χ4v) is 4.87. The molecule has 0 bridgehead atoms. The van der Waals surface area contributed by atoms with Gasteiger partial charge in [-0.15, -0.1) is 0 Å². The predicted molar refractivity (Wildman–Crippen MR) is 127 cm³/mol. The van der Waals surface area contributed by atoms with Crippen molar-refractivity contribution in [2.45, 2.75) is 17.7 Å².